The van der Waals surface area contributed by atoms with Gasteiger partial charge in [0.05, 0.1) is 10.5 Å². The summed E-state index contributed by atoms with van der Waals surface area (Å²) in [7, 11) is -3.63. The summed E-state index contributed by atoms with van der Waals surface area (Å²) < 4.78 is 23.5. The lowest BCUT2D eigenvalue weighted by Gasteiger charge is -2.18. The smallest absolute Gasteiger partial charge is 0.335 e. The quantitative estimate of drug-likeness (QED) is 0.848. The molecule has 0 saturated heterocycles. The van der Waals surface area contributed by atoms with Crippen LogP contribution in [-0.4, -0.2) is 36.6 Å². The van der Waals surface area contributed by atoms with Crippen molar-refractivity contribution in [2.45, 2.75) is 31.1 Å². The molecule has 0 unspecified atom stereocenters. The first kappa shape index (κ1) is 19.6. The fraction of sp³-hybridized carbons (Fsp3) is 0.278. The second-order valence-electron chi connectivity index (χ2n) is 6.96. The minimum atomic E-state index is -3.63. The molecule has 2 rings (SSSR count). The number of carbonyl (C=O) groups excluding carboxylic acids is 1. The first-order valence-electron chi connectivity index (χ1n) is 7.74. The summed E-state index contributed by atoms with van der Waals surface area (Å²) in [6.07, 6.45) is 2.57. The van der Waals surface area contributed by atoms with Gasteiger partial charge in [0.1, 0.15) is 5.69 Å². The number of carboxylic acid groups (broad SMARTS) is 1. The molecule has 0 aliphatic carbocycles. The van der Waals surface area contributed by atoms with Gasteiger partial charge in [-0.15, -0.1) is 0 Å². The van der Waals surface area contributed by atoms with Crippen LogP contribution in [-0.2, 0) is 15.3 Å². The number of nitrogens with zero attached hydrogens (tertiary/aromatic N) is 1. The molecule has 0 fully saturated rings. The van der Waals surface area contributed by atoms with Crippen molar-refractivity contribution in [3.63, 3.8) is 0 Å². The van der Waals surface area contributed by atoms with E-state index in [9.17, 15) is 18.0 Å². The predicted octanol–water partition coefficient (Wildman–Crippen LogP) is 2.73. The number of aromatic nitrogens is 1. The van der Waals surface area contributed by atoms with Crippen molar-refractivity contribution in [1.29, 1.82) is 0 Å². The lowest BCUT2D eigenvalue weighted by Crippen LogP contribution is -2.17. The van der Waals surface area contributed by atoms with E-state index in [2.05, 4.69) is 10.3 Å². The van der Waals surface area contributed by atoms with Crippen molar-refractivity contribution in [1.82, 2.24) is 4.98 Å². The molecule has 0 bridgehead atoms. The second-order valence-corrected chi connectivity index (χ2v) is 8.98. The molecule has 138 valence electrons. The highest BCUT2D eigenvalue weighted by Crippen LogP contribution is 2.22. The van der Waals surface area contributed by atoms with Crippen LogP contribution in [0.1, 0.15) is 47.2 Å². The number of sulfone groups is 1. The van der Waals surface area contributed by atoms with Gasteiger partial charge in [-0.05, 0) is 35.2 Å². The lowest BCUT2D eigenvalue weighted by atomic mass is 9.88. The van der Waals surface area contributed by atoms with Gasteiger partial charge < -0.3 is 10.4 Å². The van der Waals surface area contributed by atoms with Crippen molar-refractivity contribution in [3.05, 3.63) is 53.3 Å². The first-order chi connectivity index (χ1) is 11.9. The van der Waals surface area contributed by atoms with Crippen LogP contribution in [0.5, 0.6) is 0 Å². The average Bonchev–Trinajstić information content (AvgIpc) is 2.53. The molecule has 1 aromatic heterocycles. The molecule has 0 radical (unpaired) electrons. The highest BCUT2D eigenvalue weighted by Gasteiger charge is 2.17. The van der Waals surface area contributed by atoms with Gasteiger partial charge >= 0.3 is 5.97 Å². The number of hydrogen-bond acceptors (Lipinski definition) is 5. The Kier molecular flexibility index (Phi) is 5.18. The Hall–Kier alpha value is -2.74. The third-order valence-electron chi connectivity index (χ3n) is 3.70. The SMILES string of the molecule is CC(C)(C)c1ccc(C(=O)Nc2cc(C(=O)O)cc(S(C)(=O)=O)c2)nc1. The van der Waals surface area contributed by atoms with E-state index in [1.54, 1.807) is 18.3 Å². The van der Waals surface area contributed by atoms with Crippen molar-refractivity contribution >= 4 is 27.4 Å². The normalized spacial score (nSPS) is 11.8. The van der Waals surface area contributed by atoms with Gasteiger partial charge in [-0.3, -0.25) is 9.78 Å². The molecule has 1 amide bonds. The van der Waals surface area contributed by atoms with Crippen LogP contribution in [0.2, 0.25) is 0 Å². The van der Waals surface area contributed by atoms with Crippen molar-refractivity contribution in [2.75, 3.05) is 11.6 Å². The molecule has 0 atom stereocenters. The fourth-order valence-corrected chi connectivity index (χ4v) is 2.86. The molecule has 2 N–H and O–H groups in total. The zero-order valence-electron chi connectivity index (χ0n) is 14.9. The predicted molar refractivity (Wildman–Crippen MR) is 97.4 cm³/mol. The largest absolute Gasteiger partial charge is 0.478 e. The molecule has 7 nitrogen and oxygen atoms in total. The van der Waals surface area contributed by atoms with E-state index < -0.39 is 21.7 Å². The molecule has 1 aromatic carbocycles. The van der Waals surface area contributed by atoms with Gasteiger partial charge in [0.25, 0.3) is 5.91 Å². The van der Waals surface area contributed by atoms with Crippen LogP contribution in [0.4, 0.5) is 5.69 Å². The maximum Gasteiger partial charge on any atom is 0.335 e. The van der Waals surface area contributed by atoms with E-state index in [0.29, 0.717) is 0 Å². The Labute approximate surface area is 152 Å². The van der Waals surface area contributed by atoms with Crippen molar-refractivity contribution in [3.8, 4) is 0 Å². The van der Waals surface area contributed by atoms with Crippen LogP contribution in [0.3, 0.4) is 0 Å². The lowest BCUT2D eigenvalue weighted by molar-refractivity contribution is 0.0696. The van der Waals surface area contributed by atoms with Crippen molar-refractivity contribution in [2.24, 2.45) is 0 Å². The van der Waals surface area contributed by atoms with E-state index in [-0.39, 0.29) is 27.3 Å². The molecular formula is C18H20N2O5S. The number of pyridine rings is 1. The Morgan fingerprint density at radius 1 is 1.12 bits per heavy atom. The maximum absolute atomic E-state index is 12.3. The Bertz CT molecular complexity index is 958. The van der Waals surface area contributed by atoms with E-state index in [1.165, 1.54) is 12.1 Å². The van der Waals surface area contributed by atoms with Gasteiger partial charge in [-0.1, -0.05) is 26.8 Å². The molecule has 26 heavy (non-hydrogen) atoms. The Morgan fingerprint density at radius 3 is 2.23 bits per heavy atom. The van der Waals surface area contributed by atoms with Gasteiger partial charge in [-0.2, -0.15) is 0 Å². The Balaban J connectivity index is 2.34. The number of nitrogens with one attached hydrogen (secondary N) is 1. The third kappa shape index (κ3) is 4.66. The van der Waals surface area contributed by atoms with Gasteiger partial charge in [0, 0.05) is 18.1 Å². The van der Waals surface area contributed by atoms with E-state index >= 15 is 0 Å². The molecule has 2 aromatic rings. The minimum Gasteiger partial charge on any atom is -0.478 e. The van der Waals surface area contributed by atoms with E-state index in [4.69, 9.17) is 5.11 Å². The number of hydrogen-bond donors (Lipinski definition) is 2. The number of rotatable bonds is 4. The number of anilines is 1. The summed E-state index contributed by atoms with van der Waals surface area (Å²) in [5, 5.41) is 11.6. The summed E-state index contributed by atoms with van der Waals surface area (Å²) >= 11 is 0. The highest BCUT2D eigenvalue weighted by molar-refractivity contribution is 7.90. The molecule has 0 aliphatic rings. The molecule has 0 saturated carbocycles. The number of amides is 1. The average molecular weight is 376 g/mol. The molecule has 1 heterocycles. The first-order valence-corrected chi connectivity index (χ1v) is 9.63. The molecule has 0 aliphatic heterocycles. The maximum atomic E-state index is 12.3. The van der Waals surface area contributed by atoms with Crippen LogP contribution >= 0.6 is 0 Å². The molecule has 0 spiro atoms. The topological polar surface area (TPSA) is 113 Å². The Morgan fingerprint density at radius 2 is 1.77 bits per heavy atom. The summed E-state index contributed by atoms with van der Waals surface area (Å²) in [6.45, 7) is 6.07. The summed E-state index contributed by atoms with van der Waals surface area (Å²) in [6, 6.07) is 6.80. The van der Waals surface area contributed by atoms with Gasteiger partial charge in [-0.25, -0.2) is 13.2 Å². The summed E-state index contributed by atoms with van der Waals surface area (Å²) in [5.74, 6) is -1.86. The van der Waals surface area contributed by atoms with E-state index in [0.717, 1.165) is 17.9 Å². The van der Waals surface area contributed by atoms with Gasteiger partial charge in [0.2, 0.25) is 0 Å². The van der Waals surface area contributed by atoms with Crippen LogP contribution in [0.25, 0.3) is 0 Å². The number of aromatic carboxylic acids is 1. The highest BCUT2D eigenvalue weighted by atomic mass is 32.2. The van der Waals surface area contributed by atoms with E-state index in [1.807, 2.05) is 20.8 Å². The zero-order chi connectivity index (χ0) is 19.7. The fourth-order valence-electron chi connectivity index (χ4n) is 2.18. The molecule has 8 heteroatoms. The number of carboxylic acids is 1. The third-order valence-corrected chi connectivity index (χ3v) is 4.79. The van der Waals surface area contributed by atoms with Crippen LogP contribution in [0.15, 0.2) is 41.4 Å². The zero-order valence-corrected chi connectivity index (χ0v) is 15.7. The summed E-state index contributed by atoms with van der Waals surface area (Å²) in [5.41, 5.74) is 0.819. The van der Waals surface area contributed by atoms with Crippen LogP contribution in [0, 0.1) is 0 Å². The second kappa shape index (κ2) is 6.87. The molecular weight excluding hydrogens is 356 g/mol. The minimum absolute atomic E-state index is 0.0667. The number of benzene rings is 1. The summed E-state index contributed by atoms with van der Waals surface area (Å²) in [4.78, 5) is 27.5. The standard InChI is InChI=1S/C18H20N2O5S/c1-18(2,3)12-5-6-15(19-10-12)16(21)20-13-7-11(17(22)23)8-14(9-13)26(4,24)25/h5-10H,1-4H3,(H,20,21)(H,22,23). The van der Waals surface area contributed by atoms with Crippen molar-refractivity contribution < 1.29 is 23.1 Å². The monoisotopic (exact) mass is 376 g/mol. The van der Waals surface area contributed by atoms with Crippen LogP contribution < -0.4 is 5.32 Å². The number of carbonyl (C=O) groups is 2. The van der Waals surface area contributed by atoms with Gasteiger partial charge in [0.15, 0.2) is 9.84 Å².